The van der Waals surface area contributed by atoms with Crippen LogP contribution in [-0.4, -0.2) is 38.3 Å². The fraction of sp³-hybridized carbons (Fsp3) is 0.333. The monoisotopic (exact) mass is 446 g/mol. The summed E-state index contributed by atoms with van der Waals surface area (Å²) in [4.78, 5) is 17.8. The number of nitrogens with zero attached hydrogens (tertiary/aromatic N) is 1. The number of nitrogens with one attached hydrogen (secondary N) is 1. The molecule has 0 spiro atoms. The van der Waals surface area contributed by atoms with Crippen LogP contribution in [0.3, 0.4) is 0 Å². The molecule has 3 aromatic rings. The van der Waals surface area contributed by atoms with Gasteiger partial charge in [-0.25, -0.2) is 0 Å². The van der Waals surface area contributed by atoms with Crippen molar-refractivity contribution in [2.75, 3.05) is 27.4 Å². The van der Waals surface area contributed by atoms with Crippen LogP contribution < -0.4 is 14.8 Å². The van der Waals surface area contributed by atoms with Gasteiger partial charge in [-0.1, -0.05) is 24.3 Å². The first kappa shape index (κ1) is 22.8. The van der Waals surface area contributed by atoms with Gasteiger partial charge >= 0.3 is 0 Å². The zero-order valence-electron chi connectivity index (χ0n) is 19.2. The van der Waals surface area contributed by atoms with Crippen molar-refractivity contribution in [2.45, 2.75) is 25.8 Å². The van der Waals surface area contributed by atoms with E-state index in [0.717, 1.165) is 28.0 Å². The van der Waals surface area contributed by atoms with Crippen molar-refractivity contribution in [2.24, 2.45) is 5.41 Å². The van der Waals surface area contributed by atoms with Gasteiger partial charge in [0.1, 0.15) is 11.5 Å². The summed E-state index contributed by atoms with van der Waals surface area (Å²) in [5, 5.41) is 3.18. The van der Waals surface area contributed by atoms with E-state index in [1.54, 1.807) is 26.6 Å². The van der Waals surface area contributed by atoms with E-state index in [2.05, 4.69) is 22.4 Å². The predicted octanol–water partition coefficient (Wildman–Crippen LogP) is 4.42. The van der Waals surface area contributed by atoms with E-state index in [1.165, 1.54) is 0 Å². The summed E-state index contributed by atoms with van der Waals surface area (Å²) >= 11 is 0. The van der Waals surface area contributed by atoms with E-state index >= 15 is 0 Å². The Morgan fingerprint density at radius 3 is 2.48 bits per heavy atom. The number of hydrogen-bond donors (Lipinski definition) is 1. The number of benzene rings is 2. The molecule has 0 radical (unpaired) electrons. The first-order valence-corrected chi connectivity index (χ1v) is 11.2. The van der Waals surface area contributed by atoms with Gasteiger partial charge in [-0.2, -0.15) is 0 Å². The molecule has 1 amide bonds. The molecule has 2 heterocycles. The third-order valence-electron chi connectivity index (χ3n) is 6.40. The molecule has 0 saturated carbocycles. The molecule has 1 aliphatic heterocycles. The van der Waals surface area contributed by atoms with Crippen molar-refractivity contribution in [3.63, 3.8) is 0 Å². The zero-order valence-corrected chi connectivity index (χ0v) is 19.2. The Morgan fingerprint density at radius 1 is 1.00 bits per heavy atom. The normalized spacial score (nSPS) is 15.0. The van der Waals surface area contributed by atoms with Crippen LogP contribution in [0.15, 0.2) is 67.0 Å². The van der Waals surface area contributed by atoms with Crippen molar-refractivity contribution >= 4 is 5.91 Å². The van der Waals surface area contributed by atoms with Crippen LogP contribution >= 0.6 is 0 Å². The average Bonchev–Trinajstić information content (AvgIpc) is 2.88. The van der Waals surface area contributed by atoms with E-state index in [1.807, 2.05) is 42.5 Å². The Balaban J connectivity index is 1.57. The number of carbonyl (C=O) groups excluding carboxylic acids is 1. The Morgan fingerprint density at radius 2 is 1.76 bits per heavy atom. The Kier molecular flexibility index (Phi) is 7.25. The maximum atomic E-state index is 13.6. The summed E-state index contributed by atoms with van der Waals surface area (Å²) < 4.78 is 16.4. The van der Waals surface area contributed by atoms with Gasteiger partial charge in [-0.15, -0.1) is 0 Å². The molecule has 1 N–H and O–H groups in total. The smallest absolute Gasteiger partial charge is 0.226 e. The van der Waals surface area contributed by atoms with Crippen molar-refractivity contribution in [1.29, 1.82) is 0 Å². The second-order valence-corrected chi connectivity index (χ2v) is 8.32. The molecule has 0 bridgehead atoms. The molecule has 33 heavy (non-hydrogen) atoms. The highest BCUT2D eigenvalue weighted by molar-refractivity contribution is 5.83. The van der Waals surface area contributed by atoms with Crippen LogP contribution in [0.5, 0.6) is 11.5 Å². The molecule has 1 fully saturated rings. The lowest BCUT2D eigenvalue weighted by molar-refractivity contribution is -0.136. The van der Waals surface area contributed by atoms with Gasteiger partial charge in [0.15, 0.2) is 0 Å². The highest BCUT2D eigenvalue weighted by Gasteiger charge is 2.40. The van der Waals surface area contributed by atoms with Gasteiger partial charge in [0.05, 0.1) is 19.6 Å². The third kappa shape index (κ3) is 5.17. The SMILES string of the molecule is COc1ccc(CNC(=O)C2(Cc3ccccc3-c3ccncc3)CCOCC2)c(OC)c1. The molecule has 6 heteroatoms. The van der Waals surface area contributed by atoms with Crippen LogP contribution in [0.1, 0.15) is 24.0 Å². The van der Waals surface area contributed by atoms with Gasteiger partial charge in [0, 0.05) is 43.8 Å². The minimum Gasteiger partial charge on any atom is -0.497 e. The first-order chi connectivity index (χ1) is 16.1. The molecule has 6 nitrogen and oxygen atoms in total. The summed E-state index contributed by atoms with van der Waals surface area (Å²) in [5.41, 5.74) is 3.77. The fourth-order valence-electron chi connectivity index (χ4n) is 4.46. The largest absolute Gasteiger partial charge is 0.497 e. The Bertz CT molecular complexity index is 1080. The number of carbonyl (C=O) groups is 1. The number of aromatic nitrogens is 1. The van der Waals surface area contributed by atoms with Crippen molar-refractivity contribution < 1.29 is 19.0 Å². The maximum absolute atomic E-state index is 13.6. The van der Waals surface area contributed by atoms with Crippen LogP contribution in [0.2, 0.25) is 0 Å². The van der Waals surface area contributed by atoms with E-state index in [-0.39, 0.29) is 5.91 Å². The maximum Gasteiger partial charge on any atom is 0.226 e. The molecule has 1 saturated heterocycles. The minimum atomic E-state index is -0.527. The number of hydrogen-bond acceptors (Lipinski definition) is 5. The lowest BCUT2D eigenvalue weighted by Gasteiger charge is -2.36. The van der Waals surface area contributed by atoms with Gasteiger partial charge in [0.25, 0.3) is 0 Å². The van der Waals surface area contributed by atoms with E-state index < -0.39 is 5.41 Å². The van der Waals surface area contributed by atoms with Crippen LogP contribution in [0, 0.1) is 5.41 Å². The molecule has 1 aromatic heterocycles. The van der Waals surface area contributed by atoms with E-state index in [4.69, 9.17) is 14.2 Å². The van der Waals surface area contributed by atoms with Gasteiger partial charge in [0.2, 0.25) is 5.91 Å². The van der Waals surface area contributed by atoms with E-state index in [0.29, 0.717) is 44.8 Å². The van der Waals surface area contributed by atoms with Crippen LogP contribution in [-0.2, 0) is 22.5 Å². The highest BCUT2D eigenvalue weighted by atomic mass is 16.5. The third-order valence-corrected chi connectivity index (χ3v) is 6.40. The molecule has 2 aromatic carbocycles. The number of rotatable bonds is 8. The van der Waals surface area contributed by atoms with Crippen LogP contribution in [0.25, 0.3) is 11.1 Å². The molecular formula is C27H30N2O4. The van der Waals surface area contributed by atoms with E-state index in [9.17, 15) is 4.79 Å². The Hall–Kier alpha value is -3.38. The number of amides is 1. The standard InChI is InChI=1S/C27H30N2O4/c1-31-23-8-7-22(25(17-23)32-2)19-29-26(30)27(11-15-33-16-12-27)18-21-5-3-4-6-24(21)20-9-13-28-14-10-20/h3-10,13-14,17H,11-12,15-16,18-19H2,1-2H3,(H,29,30). The number of pyridine rings is 1. The average molecular weight is 447 g/mol. The Labute approximate surface area is 194 Å². The van der Waals surface area contributed by atoms with Crippen molar-refractivity contribution in [3.05, 3.63) is 78.1 Å². The molecule has 0 unspecified atom stereocenters. The molecule has 4 rings (SSSR count). The van der Waals surface area contributed by atoms with Crippen molar-refractivity contribution in [1.82, 2.24) is 10.3 Å². The predicted molar refractivity (Wildman–Crippen MR) is 127 cm³/mol. The zero-order chi connectivity index (χ0) is 23.1. The lowest BCUT2D eigenvalue weighted by Crippen LogP contribution is -2.46. The molecule has 0 aliphatic carbocycles. The lowest BCUT2D eigenvalue weighted by atomic mass is 9.73. The summed E-state index contributed by atoms with van der Waals surface area (Å²) in [5.74, 6) is 1.46. The van der Waals surface area contributed by atoms with Gasteiger partial charge < -0.3 is 19.5 Å². The molecule has 1 aliphatic rings. The molecule has 172 valence electrons. The number of ether oxygens (including phenoxy) is 3. The van der Waals surface area contributed by atoms with Gasteiger partial charge in [-0.3, -0.25) is 9.78 Å². The topological polar surface area (TPSA) is 69.7 Å². The van der Waals surface area contributed by atoms with Crippen molar-refractivity contribution in [3.8, 4) is 22.6 Å². The fourth-order valence-corrected chi connectivity index (χ4v) is 4.46. The summed E-state index contributed by atoms with van der Waals surface area (Å²) in [6.45, 7) is 1.55. The van der Waals surface area contributed by atoms with Gasteiger partial charge in [-0.05, 0) is 60.2 Å². The minimum absolute atomic E-state index is 0.0493. The quantitative estimate of drug-likeness (QED) is 0.555. The summed E-state index contributed by atoms with van der Waals surface area (Å²) in [6, 6.07) is 17.9. The summed E-state index contributed by atoms with van der Waals surface area (Å²) in [7, 11) is 3.24. The first-order valence-electron chi connectivity index (χ1n) is 11.2. The second-order valence-electron chi connectivity index (χ2n) is 8.32. The molecular weight excluding hydrogens is 416 g/mol. The molecule has 0 atom stereocenters. The van der Waals surface area contributed by atoms with Crippen LogP contribution in [0.4, 0.5) is 0 Å². The highest BCUT2D eigenvalue weighted by Crippen LogP contribution is 2.38. The number of methoxy groups -OCH3 is 2. The second kappa shape index (κ2) is 10.5. The summed E-state index contributed by atoms with van der Waals surface area (Å²) in [6.07, 6.45) is 5.61.